The number of carbonyl (C=O) groups is 1. The van der Waals surface area contributed by atoms with Gasteiger partial charge < -0.3 is 10.5 Å². The van der Waals surface area contributed by atoms with E-state index in [9.17, 15) is 10.0 Å². The van der Waals surface area contributed by atoms with E-state index in [4.69, 9.17) is 23.2 Å². The number of amides is 1. The van der Waals surface area contributed by atoms with Gasteiger partial charge in [-0.05, 0) is 30.0 Å². The van der Waals surface area contributed by atoms with Crippen molar-refractivity contribution in [1.82, 2.24) is 0 Å². The number of hydroxylamine groups is 1. The third-order valence-electron chi connectivity index (χ3n) is 2.13. The van der Waals surface area contributed by atoms with E-state index in [2.05, 4.69) is 5.32 Å². The highest BCUT2D eigenvalue weighted by Crippen LogP contribution is 2.26. The average Bonchev–Trinajstić information content (AvgIpc) is 2.70. The molecule has 0 atom stereocenters. The number of nitrogens with one attached hydrogen (secondary N) is 1. The van der Waals surface area contributed by atoms with Crippen molar-refractivity contribution in [2.45, 2.75) is 0 Å². The highest BCUT2D eigenvalue weighted by molar-refractivity contribution is 8.15. The number of anilines is 1. The van der Waals surface area contributed by atoms with Gasteiger partial charge in [0.1, 0.15) is 0 Å². The Kier molecular flexibility index (Phi) is 3.81. The molecule has 7 heteroatoms. The first-order valence-electron chi connectivity index (χ1n) is 4.79. The molecule has 4 nitrogen and oxygen atoms in total. The summed E-state index contributed by atoms with van der Waals surface area (Å²) in [4.78, 5) is 11.8. The monoisotopic (exact) mass is 290 g/mol. The van der Waals surface area contributed by atoms with Crippen molar-refractivity contribution >= 4 is 51.6 Å². The highest BCUT2D eigenvalue weighted by atomic mass is 35.5. The molecule has 1 aliphatic rings. The van der Waals surface area contributed by atoms with Crippen molar-refractivity contribution in [2.24, 2.45) is 0 Å². The number of benzene rings is 1. The van der Waals surface area contributed by atoms with Crippen molar-refractivity contribution < 1.29 is 9.53 Å². The Morgan fingerprint density at radius 1 is 1.47 bits per heavy atom. The molecule has 17 heavy (non-hydrogen) atoms. The van der Waals surface area contributed by atoms with Crippen LogP contribution in [0.1, 0.15) is 0 Å². The van der Waals surface area contributed by atoms with Crippen molar-refractivity contribution in [2.75, 3.05) is 17.6 Å². The largest absolute Gasteiger partial charge is 0.623 e. The lowest BCUT2D eigenvalue weighted by Crippen LogP contribution is -2.24. The summed E-state index contributed by atoms with van der Waals surface area (Å²) in [6, 6.07) is 4.74. The van der Waals surface area contributed by atoms with Gasteiger partial charge in [-0.25, -0.2) is 0 Å². The Morgan fingerprint density at radius 2 is 2.24 bits per heavy atom. The molecular formula is C10H8Cl2N2O2S. The van der Waals surface area contributed by atoms with Crippen LogP contribution in [0.5, 0.6) is 0 Å². The van der Waals surface area contributed by atoms with Crippen molar-refractivity contribution in [3.05, 3.63) is 33.5 Å². The summed E-state index contributed by atoms with van der Waals surface area (Å²) in [5.41, 5.74) is 0.401. The first-order chi connectivity index (χ1) is 8.08. The highest BCUT2D eigenvalue weighted by Gasteiger charge is 2.27. The predicted octanol–water partition coefficient (Wildman–Crippen LogP) is 2.59. The van der Waals surface area contributed by atoms with Crippen LogP contribution in [0, 0.1) is 5.21 Å². The first-order valence-corrected chi connectivity index (χ1v) is 6.53. The molecule has 0 aliphatic carbocycles. The number of thioether (sulfide) groups is 1. The zero-order valence-electron chi connectivity index (χ0n) is 8.57. The van der Waals surface area contributed by atoms with Crippen molar-refractivity contribution in [3.63, 3.8) is 0 Å². The smallest absolute Gasteiger partial charge is 0.328 e. The van der Waals surface area contributed by atoms with Crippen LogP contribution in [-0.2, 0) is 4.79 Å². The molecule has 1 aliphatic heterocycles. The molecule has 0 saturated heterocycles. The number of rotatable bonds is 2. The normalized spacial score (nSPS) is 15.2. The molecule has 0 saturated carbocycles. The fourth-order valence-corrected chi connectivity index (χ4v) is 2.55. The summed E-state index contributed by atoms with van der Waals surface area (Å²) in [6.45, 7) is 0.330. The van der Waals surface area contributed by atoms with Crippen LogP contribution in [-0.4, -0.2) is 28.0 Å². The second-order valence-corrected chi connectivity index (χ2v) is 5.26. The van der Waals surface area contributed by atoms with Gasteiger partial charge in [0.15, 0.2) is 6.54 Å². The lowest BCUT2D eigenvalue weighted by Gasteiger charge is -2.06. The number of hydrogen-bond acceptors (Lipinski definition) is 3. The van der Waals surface area contributed by atoms with Crippen molar-refractivity contribution in [3.8, 4) is 0 Å². The molecule has 0 aromatic heterocycles. The standard InChI is InChI=1S/C10H8Cl2N2O2S/c11-6-1-2-7(12)8(5-6)13-9(15)10-14(16)3-4-17-10/h1-2,5H,3-4H2,(H,13,15). The maximum atomic E-state index is 11.8. The van der Waals surface area contributed by atoms with E-state index >= 15 is 0 Å². The van der Waals surface area contributed by atoms with E-state index in [1.54, 1.807) is 12.1 Å². The van der Waals surface area contributed by atoms with Crippen molar-refractivity contribution in [1.29, 1.82) is 0 Å². The summed E-state index contributed by atoms with van der Waals surface area (Å²) in [5.74, 6) is 0.168. The van der Waals surface area contributed by atoms with Gasteiger partial charge in [-0.3, -0.25) is 4.79 Å². The number of carbonyl (C=O) groups excluding carboxylic acids is 1. The van der Waals surface area contributed by atoms with Crippen LogP contribution in [0.3, 0.4) is 0 Å². The fraction of sp³-hybridized carbons (Fsp3) is 0.200. The lowest BCUT2D eigenvalue weighted by atomic mass is 10.3. The Labute approximate surface area is 112 Å². The first kappa shape index (κ1) is 12.5. The van der Waals surface area contributed by atoms with Gasteiger partial charge in [-0.1, -0.05) is 23.2 Å². The maximum absolute atomic E-state index is 11.8. The molecule has 1 amide bonds. The van der Waals surface area contributed by atoms with E-state index < -0.39 is 5.91 Å². The zero-order chi connectivity index (χ0) is 12.4. The maximum Gasteiger partial charge on any atom is 0.328 e. The van der Waals surface area contributed by atoms with E-state index in [0.29, 0.717) is 32.8 Å². The molecule has 1 heterocycles. The Morgan fingerprint density at radius 3 is 2.88 bits per heavy atom. The van der Waals surface area contributed by atoms with Crippen LogP contribution < -0.4 is 5.32 Å². The van der Waals surface area contributed by atoms with Crippen LogP contribution in [0.25, 0.3) is 0 Å². The molecule has 0 bridgehead atoms. The quantitative estimate of drug-likeness (QED) is 0.673. The summed E-state index contributed by atoms with van der Waals surface area (Å²) in [7, 11) is 0. The van der Waals surface area contributed by atoms with Gasteiger partial charge in [-0.2, -0.15) is 4.74 Å². The van der Waals surface area contributed by atoms with E-state index in [-0.39, 0.29) is 5.04 Å². The summed E-state index contributed by atoms with van der Waals surface area (Å²) < 4.78 is 0.679. The molecule has 1 N–H and O–H groups in total. The number of hydrogen-bond donors (Lipinski definition) is 1. The van der Waals surface area contributed by atoms with Crippen LogP contribution in [0.4, 0.5) is 5.69 Å². The van der Waals surface area contributed by atoms with Gasteiger partial charge in [0.2, 0.25) is 0 Å². The van der Waals surface area contributed by atoms with E-state index in [0.717, 1.165) is 0 Å². The summed E-state index contributed by atoms with van der Waals surface area (Å²) in [5, 5.41) is 14.9. The Hall–Kier alpha value is -0.910. The molecule has 0 fully saturated rings. The third kappa shape index (κ3) is 2.86. The minimum absolute atomic E-state index is 0.154. The van der Waals surface area contributed by atoms with Gasteiger partial charge in [-0.15, -0.1) is 0 Å². The minimum atomic E-state index is -0.452. The zero-order valence-corrected chi connectivity index (χ0v) is 10.9. The molecule has 0 unspecified atom stereocenters. The van der Waals surface area contributed by atoms with Gasteiger partial charge in [0.05, 0.1) is 16.5 Å². The molecule has 0 radical (unpaired) electrons. The van der Waals surface area contributed by atoms with Gasteiger partial charge in [0, 0.05) is 5.02 Å². The molecular weight excluding hydrogens is 283 g/mol. The average molecular weight is 291 g/mol. The Balaban J connectivity index is 2.18. The molecule has 90 valence electrons. The fourth-order valence-electron chi connectivity index (χ4n) is 1.35. The van der Waals surface area contributed by atoms with E-state index in [1.807, 2.05) is 0 Å². The second kappa shape index (κ2) is 5.16. The van der Waals surface area contributed by atoms with Crippen LogP contribution in [0.2, 0.25) is 10.0 Å². The second-order valence-electron chi connectivity index (χ2n) is 3.33. The topological polar surface area (TPSA) is 55.2 Å². The third-order valence-corrected chi connectivity index (χ3v) is 3.74. The minimum Gasteiger partial charge on any atom is -0.623 e. The molecule has 2 rings (SSSR count). The molecule has 1 aromatic carbocycles. The van der Waals surface area contributed by atoms with Gasteiger partial charge in [0.25, 0.3) is 0 Å². The predicted molar refractivity (Wildman–Crippen MR) is 71.1 cm³/mol. The van der Waals surface area contributed by atoms with E-state index in [1.165, 1.54) is 17.8 Å². The lowest BCUT2D eigenvalue weighted by molar-refractivity contribution is -0.444. The summed E-state index contributed by atoms with van der Waals surface area (Å²) >= 11 is 12.9. The Bertz CT molecular complexity index is 505. The molecule has 1 aromatic rings. The number of nitrogens with zero attached hydrogens (tertiary/aromatic N) is 1. The SMILES string of the molecule is O=C(Nc1cc(Cl)ccc1Cl)C1=[N+]([O-])CCS1. The van der Waals surface area contributed by atoms with Crippen LogP contribution >= 0.6 is 35.0 Å². The summed E-state index contributed by atoms with van der Waals surface area (Å²) in [6.07, 6.45) is 0. The molecule has 0 spiro atoms. The number of halogens is 2. The van der Waals surface area contributed by atoms with Gasteiger partial charge >= 0.3 is 11.0 Å². The van der Waals surface area contributed by atoms with Crippen LogP contribution in [0.15, 0.2) is 18.2 Å².